The summed E-state index contributed by atoms with van der Waals surface area (Å²) in [5.41, 5.74) is 0. The van der Waals surface area contributed by atoms with E-state index in [0.717, 1.165) is 0 Å². The van der Waals surface area contributed by atoms with Crippen molar-refractivity contribution < 1.29 is 216 Å². The van der Waals surface area contributed by atoms with Crippen molar-refractivity contribution in [3.63, 3.8) is 0 Å². The SMILES string of the molecule is [CH2-]C(=O)O.[CH2-]C(=O)O[C-](C)OC.[CH2-]C(=O)O[C-](C)ON=O.[Rb+].[Rb+].[Re].[Re].[Re].[Rf].[Rf].[Rf]. The third kappa shape index (κ3) is 112. The molecule has 0 aliphatic heterocycles. The van der Waals surface area contributed by atoms with E-state index in [9.17, 15) is 14.5 Å². The van der Waals surface area contributed by atoms with Gasteiger partial charge in [0.25, 0.3) is 0 Å². The number of ether oxygens (including phenoxy) is 3. The number of methoxy groups -OCH3 is 1. The molecule has 0 amide bonds. The van der Waals surface area contributed by atoms with Crippen LogP contribution in [0.2, 0.25) is 0 Å². The van der Waals surface area contributed by atoms with Crippen molar-refractivity contribution in [2.45, 2.75) is 13.8 Å². The van der Waals surface area contributed by atoms with Crippen LogP contribution in [0.25, 0.3) is 0 Å². The minimum Gasteiger partial charge on any atom is -0.629 e. The minimum absolute atomic E-state index is 0. The molecule has 1 N–H and O–H groups in total. The van der Waals surface area contributed by atoms with Gasteiger partial charge in [0.1, 0.15) is 17.3 Å². The van der Waals surface area contributed by atoms with E-state index in [1.165, 1.54) is 21.0 Å². The third-order valence-electron chi connectivity index (χ3n) is 0.968. The van der Waals surface area contributed by atoms with Crippen LogP contribution in [0.4, 0.5) is 0 Å². The van der Waals surface area contributed by atoms with Crippen LogP contribution in [0.5, 0.6) is 0 Å². The van der Waals surface area contributed by atoms with E-state index in [1.807, 2.05) is 5.34 Å². The van der Waals surface area contributed by atoms with Crippen LogP contribution in [-0.4, -0.2) is 30.1 Å². The average molecular weight is 1840 g/mol. The van der Waals surface area contributed by atoms with Crippen molar-refractivity contribution in [2.24, 2.45) is 5.34 Å². The molecule has 0 aromatic rings. The quantitative estimate of drug-likeness (QED) is 0.124. The number of carboxylic acid groups (broad SMARTS) is 1. The van der Waals surface area contributed by atoms with Crippen molar-refractivity contribution in [1.29, 1.82) is 0 Å². The zero-order valence-electron chi connectivity index (χ0n) is 17.0. The maximum atomic E-state index is 9.98. The van der Waals surface area contributed by atoms with Crippen LogP contribution in [0.3, 0.4) is 0 Å². The second-order valence-electron chi connectivity index (χ2n) is 2.69. The number of nitrogens with zero attached hydrogens (tertiary/aromatic N) is 1. The molecule has 29 heavy (non-hydrogen) atoms. The summed E-state index contributed by atoms with van der Waals surface area (Å²) in [5, 5.41) is 9.30. The van der Waals surface area contributed by atoms with Crippen LogP contribution in [0.15, 0.2) is 5.34 Å². The van der Waals surface area contributed by atoms with Gasteiger partial charge in [-0.25, -0.2) is 0 Å². The summed E-state index contributed by atoms with van der Waals surface area (Å²) in [5.74, 6) is -2.49. The molecule has 0 aliphatic rings. The van der Waals surface area contributed by atoms with Crippen molar-refractivity contribution in [3.05, 3.63) is 38.3 Å². The zero-order valence-corrected chi connectivity index (χ0v) is 54.2. The maximum absolute atomic E-state index is 9.98. The van der Waals surface area contributed by atoms with Gasteiger partial charge in [-0.3, -0.25) is 21.3 Å². The molecule has 0 heterocycles. The summed E-state index contributed by atoms with van der Waals surface area (Å²) in [7, 11) is 1.41. The topological polar surface area (TPSA) is 138 Å². The summed E-state index contributed by atoms with van der Waals surface area (Å²) in [6.45, 7) is 11.2. The molecule has 0 fully saturated rings. The van der Waals surface area contributed by atoms with Crippen LogP contribution in [0.1, 0.15) is 13.8 Å². The molecule has 0 bridgehead atoms. The van der Waals surface area contributed by atoms with E-state index in [1.54, 1.807) is 0 Å². The van der Waals surface area contributed by atoms with E-state index >= 15 is 0 Å². The molecular weight excluding hydrogens is 1820 g/mol. The number of hydrogen-bond acceptors (Lipinski definition) is 9. The van der Waals surface area contributed by atoms with Gasteiger partial charge in [0.15, 0.2) is 5.97 Å². The van der Waals surface area contributed by atoms with E-state index in [2.05, 4.69) is 39.8 Å². The molecule has 3 radical (unpaired) electrons. The van der Waals surface area contributed by atoms with Gasteiger partial charge in [-0.1, -0.05) is 0 Å². The summed E-state index contributed by atoms with van der Waals surface area (Å²) >= 11 is 0. The van der Waals surface area contributed by atoms with Gasteiger partial charge in [0.2, 0.25) is 0 Å². The first kappa shape index (κ1) is 70.2. The van der Waals surface area contributed by atoms with E-state index in [0.29, 0.717) is 0 Å². The molecule has 0 aromatic carbocycles. The molecule has 0 aliphatic carbocycles. The van der Waals surface area contributed by atoms with Gasteiger partial charge < -0.3 is 38.0 Å². The fourth-order valence-electron chi connectivity index (χ4n) is 0.433. The van der Waals surface area contributed by atoms with E-state index in [-0.39, 0.29) is 190 Å². The molecule has 10 nitrogen and oxygen atoms in total. The van der Waals surface area contributed by atoms with E-state index < -0.39 is 17.9 Å². The average Bonchev–Trinajstić information content (AvgIpc) is 2.27. The number of carbonyl (C=O) groups excluding carboxylic acids is 2. The Kier molecular flexibility index (Phi) is 123. The van der Waals surface area contributed by atoms with Crippen molar-refractivity contribution in [1.82, 2.24) is 0 Å². The Morgan fingerprint density at radius 3 is 1.21 bits per heavy atom. The predicted molar refractivity (Wildman–Crippen MR) is 67.6 cm³/mol. The summed E-state index contributed by atoms with van der Waals surface area (Å²) in [6, 6.07) is 0. The predicted octanol–water partition coefficient (Wildman–Crippen LogP) is -5.00. The summed E-state index contributed by atoms with van der Waals surface area (Å²) in [4.78, 5) is 42.0. The van der Waals surface area contributed by atoms with Crippen LogP contribution in [0, 0.1) is 38.3 Å². The smallest absolute Gasteiger partial charge is 0.629 e. The van der Waals surface area contributed by atoms with Gasteiger partial charge in [0, 0.05) is 74.7 Å². The molecule has 0 unspecified atom stereocenters. The molecular formula is C11H16NO9Rb2Re3Rf3-3. The Morgan fingerprint density at radius 2 is 1.07 bits per heavy atom. The van der Waals surface area contributed by atoms with Crippen LogP contribution < -0.4 is 116 Å². The molecule has 0 saturated carbocycles. The number of rotatable bonds is 5. The van der Waals surface area contributed by atoms with Crippen LogP contribution >= 0.6 is 0 Å². The summed E-state index contributed by atoms with van der Waals surface area (Å²) < 4.78 is 13.0. The molecule has 0 rings (SSSR count). The zero-order chi connectivity index (χ0) is 17.4. The molecule has 18 heteroatoms. The largest absolute Gasteiger partial charge is 1.00 e. The number of aliphatic carboxylic acids is 1. The number of carbonyl (C=O) groups is 3. The molecule has 0 saturated heterocycles. The van der Waals surface area contributed by atoms with Crippen molar-refractivity contribution in [2.75, 3.05) is 7.11 Å². The van der Waals surface area contributed by atoms with Gasteiger partial charge in [-0.05, 0) is 6.29 Å². The van der Waals surface area contributed by atoms with Crippen LogP contribution in [-0.2, 0) is 94.7 Å². The Balaban J connectivity index is -0.0000000171. The van der Waals surface area contributed by atoms with E-state index in [4.69, 9.17) is 9.90 Å². The third-order valence-corrected chi connectivity index (χ3v) is 0.968. The van der Waals surface area contributed by atoms with Gasteiger partial charge in [0.05, 0.1) is 0 Å². The van der Waals surface area contributed by atoms with Gasteiger partial charge in [-0.15, -0.1) is 18.8 Å². The first-order valence-electron chi connectivity index (χ1n) is 4.89. The number of carboxylic acids is 1. The monoisotopic (exact) mass is 1840 g/mol. The molecule has 0 spiro atoms. The Morgan fingerprint density at radius 1 is 0.828 bits per heavy atom. The maximum Gasteiger partial charge on any atom is 1.00 e. The second-order valence-corrected chi connectivity index (χ2v) is 2.69. The number of esters is 2. The Hall–Kier alpha value is -0.0226. The molecule has 0 atom stereocenters. The normalized spacial score (nSPS) is 6.10. The standard InChI is InChI=1S/C5H8O3.C4H5NO4.C2H3O2.2Rb.3Re.3Rf/c1-4(6)8-5(2)7-3;1-3(6)8-4(2)9-5-7;1-2(3)4;;;;;;;;/h1H2,2-3H3;1H2,2H3;1H2,(H,3,4);;;;;;;;/q2*-2;-1;2*+1;;;;;;. The van der Waals surface area contributed by atoms with Crippen molar-refractivity contribution in [3.8, 4) is 0 Å². The summed E-state index contributed by atoms with van der Waals surface area (Å²) in [6.07, 6.45) is -0.0185. The Bertz CT molecular complexity index is 352. The first-order valence-corrected chi connectivity index (χ1v) is 4.89. The second kappa shape index (κ2) is 51.0. The fourth-order valence-corrected chi connectivity index (χ4v) is 0.433. The minimum atomic E-state index is -1.08. The Labute approximate surface area is 292 Å². The van der Waals surface area contributed by atoms with Gasteiger partial charge in [-0.2, -0.15) is 0 Å². The molecule has 0 aromatic heterocycles. The number of hydrogen-bond donors (Lipinski definition) is 1. The van der Waals surface area contributed by atoms with Gasteiger partial charge >= 0.3 is 116 Å². The molecule has 151 valence electrons. The first-order chi connectivity index (χ1) is 9.56. The fraction of sp³-hybridized carbons (Fsp3) is 0.273. The van der Waals surface area contributed by atoms with Crippen molar-refractivity contribution >= 4 is 17.9 Å².